The summed E-state index contributed by atoms with van der Waals surface area (Å²) >= 11 is 12.7. The first-order valence-corrected chi connectivity index (χ1v) is 10.8. The van der Waals surface area contributed by atoms with E-state index in [0.29, 0.717) is 41.4 Å². The minimum Gasteiger partial charge on any atom is -0.354 e. The number of amides is 2. The van der Waals surface area contributed by atoms with Crippen molar-refractivity contribution in [1.82, 2.24) is 10.2 Å². The van der Waals surface area contributed by atoms with Gasteiger partial charge >= 0.3 is 0 Å². The van der Waals surface area contributed by atoms with Gasteiger partial charge in [0.05, 0.1) is 0 Å². The first-order valence-electron chi connectivity index (χ1n) is 10.0. The molecule has 2 aromatic carbocycles. The lowest BCUT2D eigenvalue weighted by Crippen LogP contribution is -2.50. The third kappa shape index (κ3) is 6.76. The molecular weight excluding hydrogens is 407 g/mol. The molecule has 2 aromatic rings. The number of hydrogen-bond donors (Lipinski definition) is 1. The molecule has 0 fully saturated rings. The largest absolute Gasteiger partial charge is 0.354 e. The van der Waals surface area contributed by atoms with Gasteiger partial charge in [0, 0.05) is 41.5 Å². The van der Waals surface area contributed by atoms with E-state index in [1.165, 1.54) is 0 Å². The fourth-order valence-corrected chi connectivity index (χ4v) is 3.65. The Hall–Kier alpha value is -2.04. The number of hydrogen-bond acceptors (Lipinski definition) is 2. The SMILES string of the molecule is CCCNC(=O)[C@H](Cc1ccccc1)N(Cc1c(Cl)cccc1Cl)C(=O)CCC. The van der Waals surface area contributed by atoms with Gasteiger partial charge in [-0.25, -0.2) is 0 Å². The Kier molecular flexibility index (Phi) is 9.49. The van der Waals surface area contributed by atoms with Gasteiger partial charge in [-0.3, -0.25) is 9.59 Å². The molecule has 6 heteroatoms. The van der Waals surface area contributed by atoms with Crippen molar-refractivity contribution in [2.24, 2.45) is 0 Å². The second kappa shape index (κ2) is 11.8. The van der Waals surface area contributed by atoms with Crippen molar-refractivity contribution in [3.63, 3.8) is 0 Å². The number of carbonyl (C=O) groups excluding carboxylic acids is 2. The molecular formula is C23H28Cl2N2O2. The van der Waals surface area contributed by atoms with Crippen LogP contribution in [0.3, 0.4) is 0 Å². The standard InChI is InChI=1S/C23H28Cl2N2O2/c1-3-9-22(28)27(16-18-19(24)12-8-13-20(18)25)21(23(29)26-14-4-2)15-17-10-6-5-7-11-17/h5-8,10-13,21H,3-4,9,14-16H2,1-2H3,(H,26,29)/t21-/m0/s1. The highest BCUT2D eigenvalue weighted by molar-refractivity contribution is 6.36. The van der Waals surface area contributed by atoms with E-state index in [1.54, 1.807) is 23.1 Å². The van der Waals surface area contributed by atoms with E-state index in [4.69, 9.17) is 23.2 Å². The quantitative estimate of drug-likeness (QED) is 0.554. The zero-order valence-electron chi connectivity index (χ0n) is 17.0. The zero-order valence-corrected chi connectivity index (χ0v) is 18.5. The Bertz CT molecular complexity index is 792. The van der Waals surface area contributed by atoms with Gasteiger partial charge in [-0.1, -0.05) is 73.4 Å². The van der Waals surface area contributed by atoms with Crippen molar-refractivity contribution in [2.75, 3.05) is 6.54 Å². The summed E-state index contributed by atoms with van der Waals surface area (Å²) in [5.74, 6) is -0.251. The first kappa shape index (κ1) is 23.2. The molecule has 29 heavy (non-hydrogen) atoms. The lowest BCUT2D eigenvalue weighted by molar-refractivity contribution is -0.141. The average Bonchev–Trinajstić information content (AvgIpc) is 2.71. The molecule has 0 spiro atoms. The number of carbonyl (C=O) groups is 2. The third-order valence-corrected chi connectivity index (χ3v) is 5.38. The van der Waals surface area contributed by atoms with Crippen LogP contribution in [0.25, 0.3) is 0 Å². The van der Waals surface area contributed by atoms with Gasteiger partial charge in [-0.05, 0) is 30.5 Å². The third-order valence-electron chi connectivity index (χ3n) is 4.67. The summed E-state index contributed by atoms with van der Waals surface area (Å²) in [4.78, 5) is 27.7. The molecule has 0 radical (unpaired) electrons. The van der Waals surface area contributed by atoms with E-state index >= 15 is 0 Å². The monoisotopic (exact) mass is 434 g/mol. The minimum atomic E-state index is -0.643. The lowest BCUT2D eigenvalue weighted by atomic mass is 10.0. The van der Waals surface area contributed by atoms with E-state index in [9.17, 15) is 9.59 Å². The van der Waals surface area contributed by atoms with Gasteiger partial charge in [0.15, 0.2) is 0 Å². The van der Waals surface area contributed by atoms with Crippen LogP contribution in [0.2, 0.25) is 10.0 Å². The van der Waals surface area contributed by atoms with E-state index in [2.05, 4.69) is 5.32 Å². The van der Waals surface area contributed by atoms with Gasteiger partial charge in [-0.2, -0.15) is 0 Å². The molecule has 0 aliphatic rings. The zero-order chi connectivity index (χ0) is 21.2. The summed E-state index contributed by atoms with van der Waals surface area (Å²) < 4.78 is 0. The maximum absolute atomic E-state index is 13.0. The van der Waals surface area contributed by atoms with Gasteiger partial charge in [0.1, 0.15) is 6.04 Å². The Morgan fingerprint density at radius 1 is 0.966 bits per heavy atom. The Morgan fingerprint density at radius 2 is 1.62 bits per heavy atom. The summed E-state index contributed by atoms with van der Waals surface area (Å²) in [7, 11) is 0. The number of rotatable bonds is 10. The van der Waals surface area contributed by atoms with Crippen LogP contribution >= 0.6 is 23.2 Å². The van der Waals surface area contributed by atoms with Crippen LogP contribution in [0.1, 0.15) is 44.2 Å². The fraction of sp³-hybridized carbons (Fsp3) is 0.391. The smallest absolute Gasteiger partial charge is 0.243 e. The Morgan fingerprint density at radius 3 is 2.21 bits per heavy atom. The van der Waals surface area contributed by atoms with Crippen LogP contribution in [0.15, 0.2) is 48.5 Å². The van der Waals surface area contributed by atoms with Crippen LogP contribution in [0, 0.1) is 0 Å². The second-order valence-corrected chi connectivity index (χ2v) is 7.78. The van der Waals surface area contributed by atoms with E-state index in [0.717, 1.165) is 12.0 Å². The topological polar surface area (TPSA) is 49.4 Å². The summed E-state index contributed by atoms with van der Waals surface area (Å²) in [6.45, 7) is 4.69. The van der Waals surface area contributed by atoms with Crippen molar-refractivity contribution in [1.29, 1.82) is 0 Å². The van der Waals surface area contributed by atoms with Crippen LogP contribution in [-0.2, 0) is 22.6 Å². The molecule has 2 rings (SSSR count). The number of benzene rings is 2. The maximum Gasteiger partial charge on any atom is 0.243 e. The molecule has 0 saturated carbocycles. The van der Waals surface area contributed by atoms with Crippen LogP contribution < -0.4 is 5.32 Å². The van der Waals surface area contributed by atoms with Crippen molar-refractivity contribution in [3.8, 4) is 0 Å². The van der Waals surface area contributed by atoms with E-state index in [-0.39, 0.29) is 18.4 Å². The number of halogens is 2. The molecule has 1 N–H and O–H groups in total. The molecule has 156 valence electrons. The molecule has 0 unspecified atom stereocenters. The van der Waals surface area contributed by atoms with Gasteiger partial charge in [0.2, 0.25) is 11.8 Å². The van der Waals surface area contributed by atoms with Crippen molar-refractivity contribution in [3.05, 3.63) is 69.7 Å². The van der Waals surface area contributed by atoms with Gasteiger partial charge < -0.3 is 10.2 Å². The maximum atomic E-state index is 13.0. The summed E-state index contributed by atoms with van der Waals surface area (Å²) in [6, 6.07) is 14.3. The van der Waals surface area contributed by atoms with Crippen LogP contribution in [0.4, 0.5) is 0 Å². The Balaban J connectivity index is 2.41. The fourth-order valence-electron chi connectivity index (χ4n) is 3.13. The molecule has 0 heterocycles. The highest BCUT2D eigenvalue weighted by Crippen LogP contribution is 2.27. The van der Waals surface area contributed by atoms with Crippen LogP contribution in [-0.4, -0.2) is 29.3 Å². The molecule has 0 aromatic heterocycles. The van der Waals surface area contributed by atoms with E-state index in [1.807, 2.05) is 44.2 Å². The predicted molar refractivity (Wildman–Crippen MR) is 119 cm³/mol. The number of nitrogens with one attached hydrogen (secondary N) is 1. The Labute approximate surface area is 183 Å². The summed E-state index contributed by atoms with van der Waals surface area (Å²) in [5.41, 5.74) is 1.64. The molecule has 1 atom stereocenters. The molecule has 0 aliphatic heterocycles. The van der Waals surface area contributed by atoms with E-state index < -0.39 is 6.04 Å². The van der Waals surface area contributed by atoms with Crippen LogP contribution in [0.5, 0.6) is 0 Å². The van der Waals surface area contributed by atoms with Gasteiger partial charge in [-0.15, -0.1) is 0 Å². The van der Waals surface area contributed by atoms with Crippen molar-refractivity contribution >= 4 is 35.0 Å². The van der Waals surface area contributed by atoms with Gasteiger partial charge in [0.25, 0.3) is 0 Å². The highest BCUT2D eigenvalue weighted by Gasteiger charge is 2.30. The molecule has 2 amide bonds. The van der Waals surface area contributed by atoms with Crippen molar-refractivity contribution < 1.29 is 9.59 Å². The summed E-state index contributed by atoms with van der Waals surface area (Å²) in [5, 5.41) is 3.92. The predicted octanol–water partition coefficient (Wildman–Crippen LogP) is 5.26. The average molecular weight is 435 g/mol. The minimum absolute atomic E-state index is 0.0870. The highest BCUT2D eigenvalue weighted by atomic mass is 35.5. The molecule has 0 bridgehead atoms. The molecule has 0 aliphatic carbocycles. The summed E-state index contributed by atoms with van der Waals surface area (Å²) in [6.07, 6.45) is 2.30. The lowest BCUT2D eigenvalue weighted by Gasteiger charge is -2.32. The molecule has 0 saturated heterocycles. The van der Waals surface area contributed by atoms with Crippen molar-refractivity contribution in [2.45, 2.75) is 52.1 Å². The second-order valence-electron chi connectivity index (χ2n) is 6.97. The normalized spacial score (nSPS) is 11.7. The first-order chi connectivity index (χ1) is 14.0. The number of nitrogens with zero attached hydrogens (tertiary/aromatic N) is 1. The molecule has 4 nitrogen and oxygen atoms in total.